The number of aryl methyl sites for hydroxylation is 1. The molecular weight excluding hydrogens is 306 g/mol. The molecule has 0 heterocycles. The van der Waals surface area contributed by atoms with Gasteiger partial charge >= 0.3 is 0 Å². The highest BCUT2D eigenvalue weighted by Crippen LogP contribution is 2.30. The first kappa shape index (κ1) is 20.6. The molecule has 0 bridgehead atoms. The van der Waals surface area contributed by atoms with E-state index >= 15 is 0 Å². The molecule has 0 saturated heterocycles. The lowest BCUT2D eigenvalue weighted by Crippen LogP contribution is -2.46. The van der Waals surface area contributed by atoms with Gasteiger partial charge < -0.3 is 10.2 Å². The largest absolute Gasteiger partial charge is 0.389 e. The molecule has 2 unspecified atom stereocenters. The molecule has 24 heavy (non-hydrogen) atoms. The number of hydrogen-bond donors (Lipinski definition) is 2. The second-order valence-electron chi connectivity index (χ2n) is 6.48. The summed E-state index contributed by atoms with van der Waals surface area (Å²) < 4.78 is 0. The summed E-state index contributed by atoms with van der Waals surface area (Å²) in [4.78, 5) is 10.5. The summed E-state index contributed by atoms with van der Waals surface area (Å²) in [6.45, 7) is 3.21. The number of unbranched alkanes of at least 4 members (excludes halogenated alkanes) is 5. The Hall–Kier alpha value is -1.46. The average molecular weight is 337 g/mol. The van der Waals surface area contributed by atoms with Crippen LogP contribution >= 0.6 is 0 Å². The fraction of sp³-hybridized carbons (Fsp3) is 0.684. The molecule has 0 aliphatic heterocycles. The first-order valence-corrected chi connectivity index (χ1v) is 9.05. The van der Waals surface area contributed by atoms with E-state index in [-0.39, 0.29) is 6.42 Å². The molecule has 0 spiro atoms. The minimum atomic E-state index is -1.64. The summed E-state index contributed by atoms with van der Waals surface area (Å²) in [5, 5.41) is 31.1. The molecule has 0 aromatic heterocycles. The standard InChI is InChI=1S/C19H31NO4/c1-3-5-6-7-8-9-10-16-11-13-17(14-12-16)19(22,4-2)18(15-21)20(23)24/h11-14,18,21-22H,3-10,15H2,1-2H3. The fourth-order valence-electron chi connectivity index (χ4n) is 3.09. The Kier molecular flexibility index (Phi) is 8.93. The minimum Gasteiger partial charge on any atom is -0.389 e. The van der Waals surface area contributed by atoms with E-state index in [2.05, 4.69) is 6.92 Å². The zero-order chi connectivity index (χ0) is 18.0. The number of aliphatic hydroxyl groups is 2. The second-order valence-corrected chi connectivity index (χ2v) is 6.48. The van der Waals surface area contributed by atoms with Crippen LogP contribution in [0.25, 0.3) is 0 Å². The van der Waals surface area contributed by atoms with Crippen LogP contribution in [0.1, 0.15) is 69.9 Å². The van der Waals surface area contributed by atoms with E-state index in [4.69, 9.17) is 0 Å². The van der Waals surface area contributed by atoms with Crippen LogP contribution in [0.4, 0.5) is 0 Å². The Morgan fingerprint density at radius 3 is 2.17 bits per heavy atom. The van der Waals surface area contributed by atoms with Crippen LogP contribution in [0.15, 0.2) is 24.3 Å². The molecule has 0 saturated carbocycles. The lowest BCUT2D eigenvalue weighted by atomic mass is 9.84. The van der Waals surface area contributed by atoms with Crippen molar-refractivity contribution in [1.29, 1.82) is 0 Å². The monoisotopic (exact) mass is 337 g/mol. The Balaban J connectivity index is 2.66. The first-order chi connectivity index (χ1) is 11.5. The van der Waals surface area contributed by atoms with Crippen molar-refractivity contribution < 1.29 is 15.1 Å². The third kappa shape index (κ3) is 5.56. The van der Waals surface area contributed by atoms with Crippen LogP contribution in [0, 0.1) is 10.1 Å². The first-order valence-electron chi connectivity index (χ1n) is 9.05. The van der Waals surface area contributed by atoms with Crippen LogP contribution in [-0.2, 0) is 12.0 Å². The van der Waals surface area contributed by atoms with E-state index in [9.17, 15) is 20.3 Å². The summed E-state index contributed by atoms with van der Waals surface area (Å²) in [6, 6.07) is 5.95. The Morgan fingerprint density at radius 1 is 1.08 bits per heavy atom. The third-order valence-electron chi connectivity index (χ3n) is 4.79. The van der Waals surface area contributed by atoms with Gasteiger partial charge in [0.15, 0.2) is 5.60 Å². The van der Waals surface area contributed by atoms with Crippen LogP contribution < -0.4 is 0 Å². The van der Waals surface area contributed by atoms with E-state index in [0.717, 1.165) is 12.8 Å². The van der Waals surface area contributed by atoms with Gasteiger partial charge in [-0.15, -0.1) is 0 Å². The van der Waals surface area contributed by atoms with E-state index in [1.54, 1.807) is 19.1 Å². The topological polar surface area (TPSA) is 83.6 Å². The highest BCUT2D eigenvalue weighted by Gasteiger charge is 2.45. The normalized spacial score (nSPS) is 15.0. The maximum Gasteiger partial charge on any atom is 0.268 e. The van der Waals surface area contributed by atoms with Crippen molar-refractivity contribution >= 4 is 0 Å². The van der Waals surface area contributed by atoms with Gasteiger partial charge in [0, 0.05) is 4.92 Å². The molecule has 1 aromatic carbocycles. The van der Waals surface area contributed by atoms with Gasteiger partial charge in [-0.2, -0.15) is 0 Å². The molecule has 5 nitrogen and oxygen atoms in total. The smallest absolute Gasteiger partial charge is 0.268 e. The van der Waals surface area contributed by atoms with Crippen LogP contribution in [0.2, 0.25) is 0 Å². The Morgan fingerprint density at radius 2 is 1.67 bits per heavy atom. The SMILES string of the molecule is CCCCCCCCc1ccc(C(O)(CC)C(CO)[N+](=O)[O-])cc1. The molecule has 5 heteroatoms. The van der Waals surface area contributed by atoms with Crippen molar-refractivity contribution in [1.82, 2.24) is 0 Å². The Labute approximate surface area is 144 Å². The molecule has 0 fully saturated rings. The van der Waals surface area contributed by atoms with E-state index in [0.29, 0.717) is 5.56 Å². The molecule has 0 aliphatic carbocycles. The molecule has 0 amide bonds. The van der Waals surface area contributed by atoms with Crippen molar-refractivity contribution in [3.8, 4) is 0 Å². The molecule has 0 aliphatic rings. The number of aliphatic hydroxyl groups excluding tert-OH is 1. The number of hydrogen-bond acceptors (Lipinski definition) is 4. The van der Waals surface area contributed by atoms with Crippen molar-refractivity contribution in [2.75, 3.05) is 6.61 Å². The van der Waals surface area contributed by atoms with Crippen LogP contribution in [0.3, 0.4) is 0 Å². The maximum atomic E-state index is 11.1. The van der Waals surface area contributed by atoms with Gasteiger partial charge in [-0.05, 0) is 30.4 Å². The van der Waals surface area contributed by atoms with Gasteiger partial charge in [0.1, 0.15) is 6.61 Å². The molecule has 136 valence electrons. The summed E-state index contributed by atoms with van der Waals surface area (Å²) in [7, 11) is 0. The maximum absolute atomic E-state index is 11.1. The van der Waals surface area contributed by atoms with Crippen molar-refractivity contribution in [3.63, 3.8) is 0 Å². The van der Waals surface area contributed by atoms with Crippen molar-refractivity contribution in [2.45, 2.75) is 76.9 Å². The summed E-state index contributed by atoms with van der Waals surface area (Å²) in [5.41, 5.74) is 0.0264. The fourth-order valence-corrected chi connectivity index (χ4v) is 3.09. The number of rotatable bonds is 12. The highest BCUT2D eigenvalue weighted by atomic mass is 16.6. The van der Waals surface area contributed by atoms with Gasteiger partial charge in [0.25, 0.3) is 6.04 Å². The van der Waals surface area contributed by atoms with Gasteiger partial charge in [0.05, 0.1) is 0 Å². The van der Waals surface area contributed by atoms with Crippen LogP contribution in [-0.4, -0.2) is 27.8 Å². The van der Waals surface area contributed by atoms with Crippen molar-refractivity contribution in [2.24, 2.45) is 0 Å². The molecular formula is C19H31NO4. The third-order valence-corrected chi connectivity index (χ3v) is 4.79. The van der Waals surface area contributed by atoms with E-state index in [1.165, 1.54) is 37.7 Å². The van der Waals surface area contributed by atoms with Gasteiger partial charge in [0.2, 0.25) is 0 Å². The summed E-state index contributed by atoms with van der Waals surface area (Å²) in [5.74, 6) is 0. The molecule has 0 radical (unpaired) electrons. The van der Waals surface area contributed by atoms with Gasteiger partial charge in [-0.25, -0.2) is 0 Å². The number of nitrogens with zero attached hydrogens (tertiary/aromatic N) is 1. The van der Waals surface area contributed by atoms with E-state index < -0.39 is 23.2 Å². The predicted octanol–water partition coefficient (Wildman–Crippen LogP) is 3.82. The van der Waals surface area contributed by atoms with Gasteiger partial charge in [-0.3, -0.25) is 10.1 Å². The molecule has 2 N–H and O–H groups in total. The Bertz CT molecular complexity index is 489. The second kappa shape index (κ2) is 10.4. The predicted molar refractivity (Wildman–Crippen MR) is 95.6 cm³/mol. The average Bonchev–Trinajstić information content (AvgIpc) is 2.58. The van der Waals surface area contributed by atoms with Crippen molar-refractivity contribution in [3.05, 3.63) is 45.5 Å². The molecule has 1 aromatic rings. The quantitative estimate of drug-likeness (QED) is 0.345. The lowest BCUT2D eigenvalue weighted by molar-refractivity contribution is -0.551. The number of nitro groups is 1. The number of benzene rings is 1. The minimum absolute atomic E-state index is 0.177. The zero-order valence-electron chi connectivity index (χ0n) is 14.9. The van der Waals surface area contributed by atoms with E-state index in [1.807, 2.05) is 12.1 Å². The molecule has 1 rings (SSSR count). The molecule has 2 atom stereocenters. The highest BCUT2D eigenvalue weighted by molar-refractivity contribution is 5.28. The zero-order valence-corrected chi connectivity index (χ0v) is 14.9. The lowest BCUT2D eigenvalue weighted by Gasteiger charge is -2.29. The summed E-state index contributed by atoms with van der Waals surface area (Å²) >= 11 is 0. The summed E-state index contributed by atoms with van der Waals surface area (Å²) in [6.07, 6.45) is 8.62. The van der Waals surface area contributed by atoms with Gasteiger partial charge in [-0.1, -0.05) is 70.2 Å². The van der Waals surface area contributed by atoms with Crippen LogP contribution in [0.5, 0.6) is 0 Å².